The van der Waals surface area contributed by atoms with E-state index in [-0.39, 0.29) is 22.5 Å². The summed E-state index contributed by atoms with van der Waals surface area (Å²) in [4.78, 5) is 13.4. The molecule has 1 aromatic rings. The third kappa shape index (κ3) is 2.66. The van der Waals surface area contributed by atoms with Gasteiger partial charge in [0.15, 0.2) is 0 Å². The molecule has 0 bridgehead atoms. The van der Waals surface area contributed by atoms with E-state index in [9.17, 15) is 9.18 Å². The Hall–Kier alpha value is -0.800. The van der Waals surface area contributed by atoms with Gasteiger partial charge in [-0.05, 0) is 19.1 Å². The van der Waals surface area contributed by atoms with E-state index in [1.54, 1.807) is 14.0 Å². The van der Waals surface area contributed by atoms with Crippen LogP contribution in [0.5, 0.6) is 0 Å². The number of alkyl halides is 1. The van der Waals surface area contributed by atoms with Gasteiger partial charge in [0.25, 0.3) is 5.91 Å². The van der Waals surface area contributed by atoms with Crippen molar-refractivity contribution in [1.29, 1.82) is 0 Å². The molecule has 0 aliphatic heterocycles. The van der Waals surface area contributed by atoms with Gasteiger partial charge in [-0.2, -0.15) is 0 Å². The summed E-state index contributed by atoms with van der Waals surface area (Å²) in [6.07, 6.45) is 0. The van der Waals surface area contributed by atoms with Crippen molar-refractivity contribution >= 4 is 29.1 Å². The maximum Gasteiger partial charge on any atom is 0.255 e. The monoisotopic (exact) mass is 263 g/mol. The number of hydrogen-bond donors (Lipinski definition) is 0. The molecule has 0 aliphatic carbocycles. The molecule has 5 heteroatoms. The molecule has 0 aliphatic rings. The molecule has 1 aromatic carbocycles. The lowest BCUT2D eigenvalue weighted by molar-refractivity contribution is 0.0756. The number of carbonyl (C=O) groups is 1. The van der Waals surface area contributed by atoms with Crippen LogP contribution in [0.1, 0.15) is 17.3 Å². The molecule has 0 spiro atoms. The molecule has 2 nitrogen and oxygen atoms in total. The average molecular weight is 264 g/mol. The number of carbonyl (C=O) groups excluding carboxylic acids is 1. The topological polar surface area (TPSA) is 20.3 Å². The molecule has 0 saturated heterocycles. The SMILES string of the molecule is CC(CCl)N(C)C(=O)c1cccc(F)c1Cl. The number of nitrogens with zero attached hydrogens (tertiary/aromatic N) is 1. The van der Waals surface area contributed by atoms with Crippen LogP contribution in [0, 0.1) is 5.82 Å². The Kier molecular flexibility index (Phi) is 4.56. The van der Waals surface area contributed by atoms with Crippen LogP contribution in [0.4, 0.5) is 4.39 Å². The minimum atomic E-state index is -0.598. The van der Waals surface area contributed by atoms with Crippen LogP contribution in [0.2, 0.25) is 5.02 Å². The second kappa shape index (κ2) is 5.51. The van der Waals surface area contributed by atoms with Crippen molar-refractivity contribution < 1.29 is 9.18 Å². The van der Waals surface area contributed by atoms with E-state index in [0.29, 0.717) is 5.88 Å². The standard InChI is InChI=1S/C11H12Cl2FNO/c1-7(6-12)15(2)11(16)8-4-3-5-9(14)10(8)13/h3-5,7H,6H2,1-2H3. The maximum absolute atomic E-state index is 13.2. The molecular weight excluding hydrogens is 252 g/mol. The third-order valence-corrected chi connectivity index (χ3v) is 3.22. The fourth-order valence-corrected chi connectivity index (χ4v) is 1.58. The first kappa shape index (κ1) is 13.3. The summed E-state index contributed by atoms with van der Waals surface area (Å²) in [7, 11) is 1.61. The number of amides is 1. The first-order chi connectivity index (χ1) is 7.49. The summed E-state index contributed by atoms with van der Waals surface area (Å²) < 4.78 is 13.2. The highest BCUT2D eigenvalue weighted by atomic mass is 35.5. The molecule has 0 saturated carbocycles. The molecule has 16 heavy (non-hydrogen) atoms. The van der Waals surface area contributed by atoms with Gasteiger partial charge in [-0.1, -0.05) is 17.7 Å². The lowest BCUT2D eigenvalue weighted by Gasteiger charge is -2.23. The van der Waals surface area contributed by atoms with Gasteiger partial charge in [0.2, 0.25) is 0 Å². The van der Waals surface area contributed by atoms with Gasteiger partial charge in [0.1, 0.15) is 5.82 Å². The molecule has 0 N–H and O–H groups in total. The van der Waals surface area contributed by atoms with Crippen LogP contribution in [-0.2, 0) is 0 Å². The highest BCUT2D eigenvalue weighted by molar-refractivity contribution is 6.34. The number of rotatable bonds is 3. The first-order valence-electron chi connectivity index (χ1n) is 4.76. The molecule has 0 aromatic heterocycles. The third-order valence-electron chi connectivity index (χ3n) is 2.39. The molecular formula is C11H12Cl2FNO. The molecule has 1 atom stereocenters. The van der Waals surface area contributed by atoms with E-state index in [0.717, 1.165) is 0 Å². The van der Waals surface area contributed by atoms with E-state index < -0.39 is 5.82 Å². The van der Waals surface area contributed by atoms with Gasteiger partial charge in [0, 0.05) is 19.0 Å². The first-order valence-corrected chi connectivity index (χ1v) is 5.67. The van der Waals surface area contributed by atoms with Crippen LogP contribution in [-0.4, -0.2) is 29.8 Å². The van der Waals surface area contributed by atoms with Crippen LogP contribution in [0.15, 0.2) is 18.2 Å². The van der Waals surface area contributed by atoms with E-state index in [1.165, 1.54) is 23.1 Å². The molecule has 0 heterocycles. The highest BCUT2D eigenvalue weighted by Gasteiger charge is 2.20. The zero-order chi connectivity index (χ0) is 12.3. The van der Waals surface area contributed by atoms with Crippen LogP contribution >= 0.6 is 23.2 Å². The fraction of sp³-hybridized carbons (Fsp3) is 0.364. The second-order valence-corrected chi connectivity index (χ2v) is 4.21. The van der Waals surface area contributed by atoms with Gasteiger partial charge >= 0.3 is 0 Å². The van der Waals surface area contributed by atoms with Crippen LogP contribution in [0.25, 0.3) is 0 Å². The van der Waals surface area contributed by atoms with Crippen molar-refractivity contribution in [2.75, 3.05) is 12.9 Å². The predicted molar refractivity (Wildman–Crippen MR) is 63.7 cm³/mol. The van der Waals surface area contributed by atoms with Gasteiger partial charge in [-0.25, -0.2) is 4.39 Å². The minimum absolute atomic E-state index is 0.131. The second-order valence-electron chi connectivity index (χ2n) is 3.52. The quantitative estimate of drug-likeness (QED) is 0.768. The highest BCUT2D eigenvalue weighted by Crippen LogP contribution is 2.21. The van der Waals surface area contributed by atoms with Crippen molar-refractivity contribution in [3.63, 3.8) is 0 Å². The van der Waals surface area contributed by atoms with Crippen LogP contribution < -0.4 is 0 Å². The van der Waals surface area contributed by atoms with E-state index in [4.69, 9.17) is 23.2 Å². The summed E-state index contributed by atoms with van der Waals surface area (Å²) in [5, 5.41) is -0.152. The number of benzene rings is 1. The van der Waals surface area contributed by atoms with Crippen molar-refractivity contribution in [3.8, 4) is 0 Å². The smallest absolute Gasteiger partial charge is 0.255 e. The Morgan fingerprint density at radius 1 is 1.56 bits per heavy atom. The van der Waals surface area contributed by atoms with E-state index >= 15 is 0 Å². The van der Waals surface area contributed by atoms with Crippen LogP contribution in [0.3, 0.4) is 0 Å². The fourth-order valence-electron chi connectivity index (χ4n) is 1.16. The van der Waals surface area contributed by atoms with Gasteiger partial charge in [-0.15, -0.1) is 11.6 Å². The summed E-state index contributed by atoms with van der Waals surface area (Å²) in [6, 6.07) is 4.02. The van der Waals surface area contributed by atoms with Crippen molar-refractivity contribution in [3.05, 3.63) is 34.6 Å². The minimum Gasteiger partial charge on any atom is -0.338 e. The van der Waals surface area contributed by atoms with Gasteiger partial charge in [0.05, 0.1) is 10.6 Å². The molecule has 1 unspecified atom stereocenters. The Bertz CT molecular complexity index is 398. The largest absolute Gasteiger partial charge is 0.338 e. The normalized spacial score (nSPS) is 12.3. The zero-order valence-electron chi connectivity index (χ0n) is 9.01. The zero-order valence-corrected chi connectivity index (χ0v) is 10.5. The summed E-state index contributed by atoms with van der Waals surface area (Å²) in [5.41, 5.74) is 0.154. The lowest BCUT2D eigenvalue weighted by atomic mass is 10.1. The van der Waals surface area contributed by atoms with Crippen molar-refractivity contribution in [1.82, 2.24) is 4.90 Å². The lowest BCUT2D eigenvalue weighted by Crippen LogP contribution is -2.36. The van der Waals surface area contributed by atoms with Gasteiger partial charge < -0.3 is 4.90 Å². The van der Waals surface area contributed by atoms with Gasteiger partial charge in [-0.3, -0.25) is 4.79 Å². The molecule has 0 radical (unpaired) electrons. The molecule has 1 rings (SSSR count). The Morgan fingerprint density at radius 2 is 2.19 bits per heavy atom. The maximum atomic E-state index is 13.2. The Labute approximate surface area is 104 Å². The Balaban J connectivity index is 3.01. The van der Waals surface area contributed by atoms with Crippen molar-refractivity contribution in [2.45, 2.75) is 13.0 Å². The van der Waals surface area contributed by atoms with E-state index in [2.05, 4.69) is 0 Å². The number of hydrogen-bond acceptors (Lipinski definition) is 1. The summed E-state index contributed by atoms with van der Waals surface area (Å²) in [5.74, 6) is -0.619. The van der Waals surface area contributed by atoms with E-state index in [1.807, 2.05) is 0 Å². The van der Waals surface area contributed by atoms with Crippen molar-refractivity contribution in [2.24, 2.45) is 0 Å². The average Bonchev–Trinajstić information content (AvgIpc) is 2.29. The Morgan fingerprint density at radius 3 is 2.75 bits per heavy atom. The molecule has 1 amide bonds. The molecule has 88 valence electrons. The predicted octanol–water partition coefficient (Wildman–Crippen LogP) is 3.18. The number of halogens is 3. The molecule has 0 fully saturated rings. The summed E-state index contributed by atoms with van der Waals surface area (Å²) >= 11 is 11.4. The summed E-state index contributed by atoms with van der Waals surface area (Å²) in [6.45, 7) is 1.80.